The molecule has 0 aliphatic carbocycles. The van der Waals surface area contributed by atoms with Gasteiger partial charge in [0.05, 0.1) is 19.4 Å². The van der Waals surface area contributed by atoms with Crippen molar-refractivity contribution in [2.24, 2.45) is 15.8 Å². The fraction of sp³-hybridized carbons (Fsp3) is 0.312. The molecule has 3 heterocycles. The second kappa shape index (κ2) is 5.12. The lowest BCUT2D eigenvalue weighted by Crippen LogP contribution is -2.51. The Morgan fingerprint density at radius 1 is 1.43 bits per heavy atom. The summed E-state index contributed by atoms with van der Waals surface area (Å²) in [4.78, 5) is 18.9. The molecule has 2 N–H and O–H groups in total. The van der Waals surface area contributed by atoms with E-state index < -0.39 is 12.0 Å². The van der Waals surface area contributed by atoms with E-state index in [2.05, 4.69) is 10.1 Å². The molecule has 1 aromatic rings. The first-order chi connectivity index (χ1) is 11.2. The first kappa shape index (κ1) is 13.8. The van der Waals surface area contributed by atoms with E-state index in [9.17, 15) is 4.79 Å². The van der Waals surface area contributed by atoms with Crippen molar-refractivity contribution in [3.8, 4) is 0 Å². The molecule has 7 nitrogen and oxygen atoms in total. The Morgan fingerprint density at radius 2 is 2.26 bits per heavy atom. The van der Waals surface area contributed by atoms with Gasteiger partial charge in [-0.05, 0) is 12.5 Å². The van der Waals surface area contributed by atoms with Gasteiger partial charge in [0.2, 0.25) is 5.96 Å². The number of nitrogens with two attached hydrogens (primary N) is 1. The first-order valence-corrected chi connectivity index (χ1v) is 7.63. The minimum atomic E-state index is -0.405. The third-order valence-corrected chi connectivity index (χ3v) is 4.22. The number of aliphatic imine (C=N–C) groups is 1. The summed E-state index contributed by atoms with van der Waals surface area (Å²) >= 11 is 0. The van der Waals surface area contributed by atoms with Gasteiger partial charge in [-0.2, -0.15) is 5.10 Å². The molecule has 0 radical (unpaired) electrons. The van der Waals surface area contributed by atoms with Crippen LogP contribution < -0.4 is 5.73 Å². The van der Waals surface area contributed by atoms with Crippen LogP contribution in [0.1, 0.15) is 24.1 Å². The van der Waals surface area contributed by atoms with Crippen LogP contribution in [0.3, 0.4) is 0 Å². The third kappa shape index (κ3) is 1.93. The van der Waals surface area contributed by atoms with Crippen LogP contribution >= 0.6 is 0 Å². The normalized spacial score (nSPS) is 21.6. The van der Waals surface area contributed by atoms with Crippen LogP contribution in [-0.2, 0) is 9.53 Å². The van der Waals surface area contributed by atoms with E-state index in [1.807, 2.05) is 29.2 Å². The molecule has 0 fully saturated rings. The van der Waals surface area contributed by atoms with Gasteiger partial charge in [-0.1, -0.05) is 24.3 Å². The maximum Gasteiger partial charge on any atom is 0.340 e. The van der Waals surface area contributed by atoms with E-state index >= 15 is 0 Å². The number of carbonyl (C=O) groups excluding carboxylic acids is 1. The molecule has 0 bridgehead atoms. The van der Waals surface area contributed by atoms with Gasteiger partial charge in [-0.15, -0.1) is 0 Å². The predicted octanol–water partition coefficient (Wildman–Crippen LogP) is 0.796. The molecule has 0 saturated heterocycles. The summed E-state index contributed by atoms with van der Waals surface area (Å²) in [6.07, 6.45) is 1.79. The predicted molar refractivity (Wildman–Crippen MR) is 85.5 cm³/mol. The molecule has 7 heteroatoms. The maximum atomic E-state index is 12.6. The van der Waals surface area contributed by atoms with Crippen LogP contribution in [-0.4, -0.2) is 47.7 Å². The summed E-state index contributed by atoms with van der Waals surface area (Å²) in [5.41, 5.74) is 8.68. The van der Waals surface area contributed by atoms with Gasteiger partial charge in [-0.25, -0.2) is 14.8 Å². The van der Waals surface area contributed by atoms with Crippen LogP contribution in [0, 0.1) is 0 Å². The fourth-order valence-electron chi connectivity index (χ4n) is 3.22. The number of guanidine groups is 1. The Morgan fingerprint density at radius 3 is 3.09 bits per heavy atom. The van der Waals surface area contributed by atoms with Gasteiger partial charge in [0.25, 0.3) is 0 Å². The second-order valence-electron chi connectivity index (χ2n) is 5.47. The highest BCUT2D eigenvalue weighted by Gasteiger charge is 2.45. The van der Waals surface area contributed by atoms with Gasteiger partial charge in [0.15, 0.2) is 0 Å². The zero-order valence-corrected chi connectivity index (χ0v) is 12.8. The molecular weight excluding hydrogens is 294 g/mol. The number of hydrogen-bond donors (Lipinski definition) is 1. The van der Waals surface area contributed by atoms with Crippen molar-refractivity contribution in [3.63, 3.8) is 0 Å². The highest BCUT2D eigenvalue weighted by Crippen LogP contribution is 2.40. The van der Waals surface area contributed by atoms with Crippen LogP contribution in [0.2, 0.25) is 0 Å². The summed E-state index contributed by atoms with van der Waals surface area (Å²) in [5.74, 6) is 0.692. The van der Waals surface area contributed by atoms with Crippen LogP contribution in [0.4, 0.5) is 0 Å². The lowest BCUT2D eigenvalue weighted by Gasteiger charge is -2.41. The molecule has 1 atom stereocenters. The highest BCUT2D eigenvalue weighted by atomic mass is 16.5. The largest absolute Gasteiger partial charge is 0.462 e. The molecule has 1 aromatic carbocycles. The number of hydrogen-bond acceptors (Lipinski definition) is 7. The lowest BCUT2D eigenvalue weighted by atomic mass is 9.91. The van der Waals surface area contributed by atoms with Gasteiger partial charge in [0, 0.05) is 12.1 Å². The Hall–Kier alpha value is -2.83. The van der Waals surface area contributed by atoms with E-state index in [-0.39, 0.29) is 0 Å². The summed E-state index contributed by atoms with van der Waals surface area (Å²) in [6.45, 7) is 3.36. The van der Waals surface area contributed by atoms with Crippen molar-refractivity contribution >= 4 is 18.1 Å². The number of benzene rings is 1. The third-order valence-electron chi connectivity index (χ3n) is 4.22. The summed E-state index contributed by atoms with van der Waals surface area (Å²) in [6, 6.07) is 7.44. The van der Waals surface area contributed by atoms with Gasteiger partial charge in [0.1, 0.15) is 17.4 Å². The smallest absolute Gasteiger partial charge is 0.340 e. The Bertz CT molecular complexity index is 767. The molecule has 0 unspecified atom stereocenters. The lowest BCUT2D eigenvalue weighted by molar-refractivity contribution is -0.139. The quantitative estimate of drug-likeness (QED) is 0.817. The number of rotatable bonds is 2. The van der Waals surface area contributed by atoms with E-state index in [4.69, 9.17) is 10.5 Å². The molecule has 0 aromatic heterocycles. The molecule has 3 aliphatic heterocycles. The minimum Gasteiger partial charge on any atom is -0.462 e. The number of nitrogens with zero attached hydrogens (tertiary/aromatic N) is 4. The minimum absolute atomic E-state index is 0.300. The molecular formula is C16H17N5O2. The average Bonchev–Trinajstić information content (AvgIpc) is 3.05. The SMILES string of the molecule is CCOC(=O)C1=C(N)N2CCN=C2N2N=Cc3ccccc3[C@@H]12. The Balaban J connectivity index is 1.92. The molecule has 0 amide bonds. The number of hydrazone groups is 1. The zero-order chi connectivity index (χ0) is 16.0. The van der Waals surface area contributed by atoms with Gasteiger partial charge >= 0.3 is 5.97 Å². The molecule has 4 rings (SSSR count). The van der Waals surface area contributed by atoms with Gasteiger partial charge < -0.3 is 10.5 Å². The first-order valence-electron chi connectivity index (χ1n) is 7.63. The molecule has 3 aliphatic rings. The molecule has 0 spiro atoms. The maximum absolute atomic E-state index is 12.6. The summed E-state index contributed by atoms with van der Waals surface area (Å²) in [5, 5.41) is 6.26. The van der Waals surface area contributed by atoms with Crippen LogP contribution in [0.25, 0.3) is 0 Å². The fourth-order valence-corrected chi connectivity index (χ4v) is 3.22. The van der Waals surface area contributed by atoms with Crippen molar-refractivity contribution in [1.82, 2.24) is 9.91 Å². The molecule has 23 heavy (non-hydrogen) atoms. The highest BCUT2D eigenvalue weighted by molar-refractivity contribution is 5.99. The second-order valence-corrected chi connectivity index (χ2v) is 5.47. The van der Waals surface area contributed by atoms with Crippen molar-refractivity contribution in [1.29, 1.82) is 0 Å². The van der Waals surface area contributed by atoms with Crippen LogP contribution in [0.15, 0.2) is 45.8 Å². The number of ether oxygens (including phenoxy) is 1. The topological polar surface area (TPSA) is 83.5 Å². The van der Waals surface area contributed by atoms with Crippen molar-refractivity contribution in [3.05, 3.63) is 46.8 Å². The monoisotopic (exact) mass is 311 g/mol. The zero-order valence-electron chi connectivity index (χ0n) is 12.8. The summed E-state index contributed by atoms with van der Waals surface area (Å²) < 4.78 is 5.24. The Labute approximate surface area is 133 Å². The van der Waals surface area contributed by atoms with Crippen LogP contribution in [0.5, 0.6) is 0 Å². The van der Waals surface area contributed by atoms with Gasteiger partial charge in [-0.3, -0.25) is 4.90 Å². The number of carbonyl (C=O) groups is 1. The van der Waals surface area contributed by atoms with E-state index in [1.165, 1.54) is 0 Å². The van der Waals surface area contributed by atoms with Crippen molar-refractivity contribution in [2.45, 2.75) is 13.0 Å². The Kier molecular flexibility index (Phi) is 3.07. The number of esters is 1. The van der Waals surface area contributed by atoms with Crippen molar-refractivity contribution in [2.75, 3.05) is 19.7 Å². The average molecular weight is 311 g/mol. The molecule has 0 saturated carbocycles. The molecule has 118 valence electrons. The van der Waals surface area contributed by atoms with E-state index in [0.29, 0.717) is 37.1 Å². The van der Waals surface area contributed by atoms with Crippen molar-refractivity contribution < 1.29 is 9.53 Å². The van der Waals surface area contributed by atoms with E-state index in [0.717, 1.165) is 11.1 Å². The summed E-state index contributed by atoms with van der Waals surface area (Å²) in [7, 11) is 0. The number of fused-ring (bicyclic) bond motifs is 5. The van der Waals surface area contributed by atoms with E-state index in [1.54, 1.807) is 18.1 Å². The standard InChI is InChI=1S/C16H17N5O2/c1-2-23-15(22)12-13-11-6-4-3-5-10(11)9-19-21(13)16-18-7-8-20(16)14(12)17/h3-6,9,13H,2,7-8,17H2,1H3/t13-/m0/s1.